The fraction of sp³-hybridized carbons (Fsp3) is 0.364. The Labute approximate surface area is 166 Å². The van der Waals surface area contributed by atoms with E-state index in [1.54, 1.807) is 19.1 Å². The monoisotopic (exact) mass is 381 g/mol. The number of ether oxygens (including phenoxy) is 1. The first-order valence-corrected chi connectivity index (χ1v) is 9.67. The largest absolute Gasteiger partial charge is 0.462 e. The molecule has 1 N–H and O–H groups in total. The zero-order chi connectivity index (χ0) is 19.9. The summed E-state index contributed by atoms with van der Waals surface area (Å²) in [5.41, 5.74) is 3.91. The lowest BCUT2D eigenvalue weighted by Gasteiger charge is -2.36. The predicted molar refractivity (Wildman–Crippen MR) is 110 cm³/mol. The third-order valence-electron chi connectivity index (χ3n) is 4.87. The molecule has 0 aliphatic carbocycles. The minimum Gasteiger partial charge on any atom is -0.462 e. The standard InChI is InChI=1S/C22H27N3O3/c1-3-28-21(26)19-8-10-20(11-9-19)24-12-14-25(15-13-24)22(27)23-16-18-6-4-17(2)5-7-18/h4-11H,3,12-16H2,1-2H3,(H,23,27). The van der Waals surface area contributed by atoms with Gasteiger partial charge < -0.3 is 19.9 Å². The number of benzene rings is 2. The van der Waals surface area contributed by atoms with Crippen LogP contribution in [0, 0.1) is 6.92 Å². The molecule has 1 aliphatic rings. The molecule has 28 heavy (non-hydrogen) atoms. The fourth-order valence-electron chi connectivity index (χ4n) is 3.19. The van der Waals surface area contributed by atoms with E-state index in [-0.39, 0.29) is 12.0 Å². The highest BCUT2D eigenvalue weighted by Crippen LogP contribution is 2.18. The molecule has 1 aliphatic heterocycles. The van der Waals surface area contributed by atoms with Crippen molar-refractivity contribution in [3.05, 3.63) is 65.2 Å². The maximum atomic E-state index is 12.4. The predicted octanol–water partition coefficient (Wildman–Crippen LogP) is 3.20. The van der Waals surface area contributed by atoms with Gasteiger partial charge in [-0.2, -0.15) is 0 Å². The summed E-state index contributed by atoms with van der Waals surface area (Å²) in [6.07, 6.45) is 0. The molecule has 6 heteroatoms. The molecule has 148 valence electrons. The van der Waals surface area contributed by atoms with E-state index < -0.39 is 0 Å². The fourth-order valence-corrected chi connectivity index (χ4v) is 3.19. The van der Waals surface area contributed by atoms with Gasteiger partial charge in [0, 0.05) is 38.4 Å². The van der Waals surface area contributed by atoms with Gasteiger partial charge in [-0.1, -0.05) is 29.8 Å². The van der Waals surface area contributed by atoms with Crippen molar-refractivity contribution in [2.45, 2.75) is 20.4 Å². The number of piperazine rings is 1. The minimum absolute atomic E-state index is 0.0297. The lowest BCUT2D eigenvalue weighted by molar-refractivity contribution is 0.0526. The third-order valence-corrected chi connectivity index (χ3v) is 4.87. The van der Waals surface area contributed by atoms with Gasteiger partial charge in [-0.05, 0) is 43.7 Å². The topological polar surface area (TPSA) is 61.9 Å². The molecule has 0 aromatic heterocycles. The highest BCUT2D eigenvalue weighted by Gasteiger charge is 2.21. The van der Waals surface area contributed by atoms with Crippen LogP contribution in [0.3, 0.4) is 0 Å². The van der Waals surface area contributed by atoms with E-state index in [0.29, 0.717) is 31.8 Å². The first-order valence-electron chi connectivity index (χ1n) is 9.67. The Morgan fingerprint density at radius 2 is 1.61 bits per heavy atom. The first-order chi connectivity index (χ1) is 13.6. The summed E-state index contributed by atoms with van der Waals surface area (Å²) in [5.74, 6) is -0.302. The number of anilines is 1. The highest BCUT2D eigenvalue weighted by atomic mass is 16.5. The van der Waals surface area contributed by atoms with Crippen LogP contribution in [0.15, 0.2) is 48.5 Å². The molecule has 0 bridgehead atoms. The molecule has 1 heterocycles. The molecule has 2 amide bonds. The molecule has 6 nitrogen and oxygen atoms in total. The van der Waals surface area contributed by atoms with E-state index >= 15 is 0 Å². The van der Waals surface area contributed by atoms with Crippen molar-refractivity contribution in [3.8, 4) is 0 Å². The quantitative estimate of drug-likeness (QED) is 0.808. The number of amides is 2. The first kappa shape index (κ1) is 19.7. The zero-order valence-electron chi connectivity index (χ0n) is 16.5. The van der Waals surface area contributed by atoms with Gasteiger partial charge in [0.05, 0.1) is 12.2 Å². The molecular formula is C22H27N3O3. The van der Waals surface area contributed by atoms with Gasteiger partial charge in [0.1, 0.15) is 0 Å². The maximum absolute atomic E-state index is 12.4. The number of hydrogen-bond acceptors (Lipinski definition) is 4. The van der Waals surface area contributed by atoms with Crippen molar-refractivity contribution in [1.82, 2.24) is 10.2 Å². The Morgan fingerprint density at radius 1 is 0.964 bits per heavy atom. The smallest absolute Gasteiger partial charge is 0.338 e. The van der Waals surface area contributed by atoms with Crippen LogP contribution in [0.2, 0.25) is 0 Å². The Kier molecular flexibility index (Phi) is 6.53. The van der Waals surface area contributed by atoms with Crippen LogP contribution in [0.4, 0.5) is 10.5 Å². The second-order valence-electron chi connectivity index (χ2n) is 6.89. The average molecular weight is 381 g/mol. The van der Waals surface area contributed by atoms with Crippen LogP contribution in [0.1, 0.15) is 28.4 Å². The van der Waals surface area contributed by atoms with Gasteiger partial charge in [0.15, 0.2) is 0 Å². The maximum Gasteiger partial charge on any atom is 0.338 e. The molecule has 0 spiro atoms. The highest BCUT2D eigenvalue weighted by molar-refractivity contribution is 5.89. The minimum atomic E-state index is -0.302. The molecule has 1 saturated heterocycles. The number of rotatable bonds is 5. The summed E-state index contributed by atoms with van der Waals surface area (Å²) >= 11 is 0. The van der Waals surface area contributed by atoms with E-state index in [9.17, 15) is 9.59 Å². The van der Waals surface area contributed by atoms with E-state index in [0.717, 1.165) is 24.3 Å². The van der Waals surface area contributed by atoms with Crippen molar-refractivity contribution in [1.29, 1.82) is 0 Å². The molecule has 0 unspecified atom stereocenters. The number of hydrogen-bond donors (Lipinski definition) is 1. The third kappa shape index (κ3) is 5.03. The van der Waals surface area contributed by atoms with Crippen LogP contribution in [-0.2, 0) is 11.3 Å². The lowest BCUT2D eigenvalue weighted by atomic mass is 10.1. The van der Waals surface area contributed by atoms with Crippen molar-refractivity contribution >= 4 is 17.7 Å². The molecule has 2 aromatic rings. The summed E-state index contributed by atoms with van der Waals surface area (Å²) in [4.78, 5) is 28.2. The summed E-state index contributed by atoms with van der Waals surface area (Å²) in [6, 6.07) is 15.6. The summed E-state index contributed by atoms with van der Waals surface area (Å²) in [6.45, 7) is 7.60. The zero-order valence-corrected chi connectivity index (χ0v) is 16.5. The van der Waals surface area contributed by atoms with E-state index in [1.807, 2.05) is 48.2 Å². The Balaban J connectivity index is 1.47. The van der Waals surface area contributed by atoms with Crippen molar-refractivity contribution in [2.24, 2.45) is 0 Å². The van der Waals surface area contributed by atoms with Crippen LogP contribution in [0.25, 0.3) is 0 Å². The van der Waals surface area contributed by atoms with E-state index in [2.05, 4.69) is 10.2 Å². The number of aryl methyl sites for hydroxylation is 1. The average Bonchev–Trinajstić information content (AvgIpc) is 2.73. The van der Waals surface area contributed by atoms with Gasteiger partial charge in [-0.15, -0.1) is 0 Å². The Bertz CT molecular complexity index is 795. The van der Waals surface area contributed by atoms with Crippen LogP contribution >= 0.6 is 0 Å². The molecule has 0 radical (unpaired) electrons. The normalized spacial score (nSPS) is 13.9. The molecule has 2 aromatic carbocycles. The van der Waals surface area contributed by atoms with Crippen molar-refractivity contribution in [3.63, 3.8) is 0 Å². The van der Waals surface area contributed by atoms with Crippen molar-refractivity contribution < 1.29 is 14.3 Å². The van der Waals surface area contributed by atoms with Gasteiger partial charge in [0.2, 0.25) is 0 Å². The number of carbonyl (C=O) groups excluding carboxylic acids is 2. The van der Waals surface area contributed by atoms with Crippen LogP contribution in [-0.4, -0.2) is 49.7 Å². The summed E-state index contributed by atoms with van der Waals surface area (Å²) < 4.78 is 5.01. The molecular weight excluding hydrogens is 354 g/mol. The van der Waals surface area contributed by atoms with Crippen LogP contribution in [0.5, 0.6) is 0 Å². The Morgan fingerprint density at radius 3 is 2.21 bits per heavy atom. The number of nitrogens with one attached hydrogen (secondary N) is 1. The molecule has 0 saturated carbocycles. The summed E-state index contributed by atoms with van der Waals surface area (Å²) in [7, 11) is 0. The second kappa shape index (κ2) is 9.26. The lowest BCUT2D eigenvalue weighted by Crippen LogP contribution is -2.51. The molecule has 3 rings (SSSR count). The van der Waals surface area contributed by atoms with Gasteiger partial charge >= 0.3 is 12.0 Å². The van der Waals surface area contributed by atoms with Crippen molar-refractivity contribution in [2.75, 3.05) is 37.7 Å². The number of carbonyl (C=O) groups is 2. The van der Waals surface area contributed by atoms with Crippen LogP contribution < -0.4 is 10.2 Å². The van der Waals surface area contributed by atoms with Gasteiger partial charge in [0.25, 0.3) is 0 Å². The number of esters is 1. The molecule has 0 atom stereocenters. The number of urea groups is 1. The van der Waals surface area contributed by atoms with Gasteiger partial charge in [-0.3, -0.25) is 0 Å². The second-order valence-corrected chi connectivity index (χ2v) is 6.89. The molecule has 1 fully saturated rings. The van der Waals surface area contributed by atoms with E-state index in [4.69, 9.17) is 4.74 Å². The van der Waals surface area contributed by atoms with Gasteiger partial charge in [-0.25, -0.2) is 9.59 Å². The Hall–Kier alpha value is -3.02. The summed E-state index contributed by atoms with van der Waals surface area (Å²) in [5, 5.41) is 2.99. The van der Waals surface area contributed by atoms with E-state index in [1.165, 1.54) is 5.56 Å². The number of nitrogens with zero attached hydrogens (tertiary/aromatic N) is 2. The SMILES string of the molecule is CCOC(=O)c1ccc(N2CCN(C(=O)NCc3ccc(C)cc3)CC2)cc1.